The highest BCUT2D eigenvalue weighted by Crippen LogP contribution is 2.29. The number of amides is 2. The monoisotopic (exact) mass is 446 g/mol. The molecule has 6 heteroatoms. The van der Waals surface area contributed by atoms with Crippen molar-refractivity contribution < 1.29 is 19.2 Å². The SMILES string of the molecule is O=C1CCCCCC(C(=O)NCC2CCC(CNC(=O)C3CCCCCC(=O)C3)CC2)C1. The molecule has 0 aromatic rings. The van der Waals surface area contributed by atoms with Crippen molar-refractivity contribution in [2.45, 2.75) is 103 Å². The molecule has 3 saturated carbocycles. The molecule has 3 rings (SSSR count). The molecule has 2 N–H and O–H groups in total. The van der Waals surface area contributed by atoms with E-state index in [2.05, 4.69) is 10.6 Å². The van der Waals surface area contributed by atoms with Gasteiger partial charge in [0.2, 0.25) is 11.8 Å². The van der Waals surface area contributed by atoms with Crippen molar-refractivity contribution in [1.82, 2.24) is 10.6 Å². The molecule has 2 unspecified atom stereocenters. The Balaban J connectivity index is 1.32. The summed E-state index contributed by atoms with van der Waals surface area (Å²) in [6, 6.07) is 0. The summed E-state index contributed by atoms with van der Waals surface area (Å²) in [5, 5.41) is 6.24. The van der Waals surface area contributed by atoms with Crippen LogP contribution in [0.4, 0.5) is 0 Å². The van der Waals surface area contributed by atoms with Crippen molar-refractivity contribution in [3.05, 3.63) is 0 Å². The van der Waals surface area contributed by atoms with Gasteiger partial charge in [-0.1, -0.05) is 25.7 Å². The summed E-state index contributed by atoms with van der Waals surface area (Å²) in [7, 11) is 0. The van der Waals surface area contributed by atoms with Gasteiger partial charge in [0.1, 0.15) is 11.6 Å². The van der Waals surface area contributed by atoms with Crippen LogP contribution in [-0.4, -0.2) is 36.5 Å². The van der Waals surface area contributed by atoms with E-state index in [1.807, 2.05) is 0 Å². The molecule has 0 aromatic heterocycles. The van der Waals surface area contributed by atoms with Gasteiger partial charge in [-0.25, -0.2) is 0 Å². The maximum absolute atomic E-state index is 12.6. The van der Waals surface area contributed by atoms with E-state index in [-0.39, 0.29) is 35.2 Å². The minimum absolute atomic E-state index is 0.0587. The topological polar surface area (TPSA) is 92.3 Å². The zero-order chi connectivity index (χ0) is 22.8. The van der Waals surface area contributed by atoms with Gasteiger partial charge in [0.05, 0.1) is 0 Å². The first kappa shape index (κ1) is 24.9. The van der Waals surface area contributed by atoms with Crippen LogP contribution >= 0.6 is 0 Å². The third kappa shape index (κ3) is 8.32. The molecule has 0 saturated heterocycles. The molecule has 3 fully saturated rings. The van der Waals surface area contributed by atoms with Gasteiger partial charge in [-0.3, -0.25) is 19.2 Å². The number of hydrogen-bond acceptors (Lipinski definition) is 4. The Morgan fingerprint density at radius 3 is 1.41 bits per heavy atom. The van der Waals surface area contributed by atoms with Gasteiger partial charge in [0.15, 0.2) is 0 Å². The van der Waals surface area contributed by atoms with Gasteiger partial charge < -0.3 is 10.6 Å². The third-order valence-electron chi connectivity index (χ3n) is 7.80. The molecule has 180 valence electrons. The van der Waals surface area contributed by atoms with Crippen LogP contribution < -0.4 is 10.6 Å². The van der Waals surface area contributed by atoms with E-state index < -0.39 is 0 Å². The highest BCUT2D eigenvalue weighted by Gasteiger charge is 2.27. The van der Waals surface area contributed by atoms with Crippen LogP contribution in [0.2, 0.25) is 0 Å². The van der Waals surface area contributed by atoms with Crippen molar-refractivity contribution in [2.75, 3.05) is 13.1 Å². The third-order valence-corrected chi connectivity index (χ3v) is 7.80. The lowest BCUT2D eigenvalue weighted by molar-refractivity contribution is -0.130. The Morgan fingerprint density at radius 2 is 1.00 bits per heavy atom. The molecule has 0 spiro atoms. The number of carbonyl (C=O) groups excluding carboxylic acids is 4. The normalized spacial score (nSPS) is 30.4. The maximum Gasteiger partial charge on any atom is 0.223 e. The number of ketones is 2. The van der Waals surface area contributed by atoms with Gasteiger partial charge in [0.25, 0.3) is 0 Å². The van der Waals surface area contributed by atoms with Gasteiger partial charge in [0, 0.05) is 50.6 Å². The van der Waals surface area contributed by atoms with Crippen LogP contribution in [0.1, 0.15) is 103 Å². The predicted octanol–water partition coefficient (Wildman–Crippen LogP) is 4.10. The first-order chi connectivity index (χ1) is 15.5. The molecule has 3 aliphatic rings. The fraction of sp³-hybridized carbons (Fsp3) is 0.846. The maximum atomic E-state index is 12.6. The lowest BCUT2D eigenvalue weighted by Crippen LogP contribution is -2.39. The second kappa shape index (κ2) is 13.1. The number of hydrogen-bond donors (Lipinski definition) is 2. The smallest absolute Gasteiger partial charge is 0.223 e. The number of Topliss-reactive ketones (excluding diaryl/α,β-unsaturated/α-hetero) is 2. The lowest BCUT2D eigenvalue weighted by Gasteiger charge is -2.30. The number of carbonyl (C=O) groups is 4. The summed E-state index contributed by atoms with van der Waals surface area (Å²) in [5.74, 6) is 1.26. The fourth-order valence-corrected chi connectivity index (χ4v) is 5.60. The van der Waals surface area contributed by atoms with Gasteiger partial charge in [-0.2, -0.15) is 0 Å². The molecule has 0 heterocycles. The average molecular weight is 447 g/mol. The molecular weight excluding hydrogens is 404 g/mol. The molecular formula is C26H42N2O4. The van der Waals surface area contributed by atoms with Crippen molar-refractivity contribution in [3.8, 4) is 0 Å². The number of rotatable bonds is 6. The van der Waals surface area contributed by atoms with Gasteiger partial charge >= 0.3 is 0 Å². The second-order valence-electron chi connectivity index (χ2n) is 10.5. The number of nitrogens with one attached hydrogen (secondary N) is 2. The van der Waals surface area contributed by atoms with E-state index in [9.17, 15) is 19.2 Å². The van der Waals surface area contributed by atoms with Crippen LogP contribution in [0.5, 0.6) is 0 Å². The standard InChI is InChI=1S/C26H42N2O4/c29-23-9-5-1-3-7-21(15-23)25(31)27-17-19-11-13-20(14-12-19)18-28-26(32)22-8-4-2-6-10-24(30)16-22/h19-22H,1-18H2,(H,27,31)(H,28,32). The molecule has 0 bridgehead atoms. The summed E-state index contributed by atoms with van der Waals surface area (Å²) < 4.78 is 0. The zero-order valence-corrected chi connectivity index (χ0v) is 19.7. The Labute approximate surface area is 193 Å². The van der Waals surface area contributed by atoms with Crippen LogP contribution in [0, 0.1) is 23.7 Å². The predicted molar refractivity (Wildman–Crippen MR) is 124 cm³/mol. The van der Waals surface area contributed by atoms with Crippen molar-refractivity contribution in [2.24, 2.45) is 23.7 Å². The van der Waals surface area contributed by atoms with Crippen LogP contribution in [0.25, 0.3) is 0 Å². The zero-order valence-electron chi connectivity index (χ0n) is 19.7. The highest BCUT2D eigenvalue weighted by atomic mass is 16.2. The molecule has 0 aliphatic heterocycles. The molecule has 32 heavy (non-hydrogen) atoms. The van der Waals surface area contributed by atoms with Gasteiger partial charge in [-0.05, 0) is 63.2 Å². The Hall–Kier alpha value is -1.72. The minimum atomic E-state index is -0.144. The average Bonchev–Trinajstić information content (AvgIpc) is 2.76. The quantitative estimate of drug-likeness (QED) is 0.642. The molecule has 2 atom stereocenters. The van der Waals surface area contributed by atoms with Crippen molar-refractivity contribution >= 4 is 23.4 Å². The highest BCUT2D eigenvalue weighted by molar-refractivity contribution is 5.87. The first-order valence-electron chi connectivity index (χ1n) is 13.1. The Kier molecular flexibility index (Phi) is 10.2. The summed E-state index contributed by atoms with van der Waals surface area (Å²) in [4.78, 5) is 49.0. The van der Waals surface area contributed by atoms with E-state index >= 15 is 0 Å². The lowest BCUT2D eigenvalue weighted by atomic mass is 9.81. The van der Waals surface area contributed by atoms with E-state index in [0.717, 1.165) is 77.0 Å². The van der Waals surface area contributed by atoms with Crippen LogP contribution in [0.3, 0.4) is 0 Å². The molecule has 0 aromatic carbocycles. The molecule has 2 amide bonds. The van der Waals surface area contributed by atoms with Crippen molar-refractivity contribution in [1.29, 1.82) is 0 Å². The largest absolute Gasteiger partial charge is 0.356 e. The van der Waals surface area contributed by atoms with Crippen molar-refractivity contribution in [3.63, 3.8) is 0 Å². The molecule has 6 nitrogen and oxygen atoms in total. The summed E-state index contributed by atoms with van der Waals surface area (Å²) in [6.07, 6.45) is 14.1. The Bertz CT molecular complexity index is 598. The van der Waals surface area contributed by atoms with Crippen LogP contribution in [-0.2, 0) is 19.2 Å². The second-order valence-corrected chi connectivity index (χ2v) is 10.5. The van der Waals surface area contributed by atoms with E-state index in [4.69, 9.17) is 0 Å². The summed E-state index contributed by atoms with van der Waals surface area (Å²) in [6.45, 7) is 1.40. The molecule has 0 radical (unpaired) electrons. The van der Waals surface area contributed by atoms with E-state index in [0.29, 0.717) is 50.6 Å². The minimum Gasteiger partial charge on any atom is -0.356 e. The van der Waals surface area contributed by atoms with E-state index in [1.54, 1.807) is 0 Å². The molecule has 3 aliphatic carbocycles. The summed E-state index contributed by atoms with van der Waals surface area (Å²) >= 11 is 0. The fourth-order valence-electron chi connectivity index (χ4n) is 5.60. The van der Waals surface area contributed by atoms with Crippen LogP contribution in [0.15, 0.2) is 0 Å². The summed E-state index contributed by atoms with van der Waals surface area (Å²) in [5.41, 5.74) is 0. The Morgan fingerprint density at radius 1 is 0.594 bits per heavy atom. The van der Waals surface area contributed by atoms with Gasteiger partial charge in [-0.15, -0.1) is 0 Å². The first-order valence-corrected chi connectivity index (χ1v) is 13.1. The van der Waals surface area contributed by atoms with E-state index in [1.165, 1.54) is 0 Å².